The van der Waals surface area contributed by atoms with Crippen LogP contribution in [0.4, 0.5) is 4.39 Å². The molecule has 2 rings (SSSR count). The molecule has 0 unspecified atom stereocenters. The normalized spacial score (nSPS) is 16.8. The van der Waals surface area contributed by atoms with Gasteiger partial charge in [0.25, 0.3) is 0 Å². The van der Waals surface area contributed by atoms with Gasteiger partial charge in [-0.25, -0.2) is 4.39 Å². The lowest BCUT2D eigenvalue weighted by atomic mass is 10.1. The summed E-state index contributed by atoms with van der Waals surface area (Å²) in [5, 5.41) is 12.0. The van der Waals surface area contributed by atoms with Crippen LogP contribution in [-0.2, 0) is 11.3 Å². The number of carbonyl (C=O) groups is 1. The summed E-state index contributed by atoms with van der Waals surface area (Å²) >= 11 is 3.27. The van der Waals surface area contributed by atoms with Gasteiger partial charge in [-0.05, 0) is 31.0 Å². The topological polar surface area (TPSA) is 49.3 Å². The minimum atomic E-state index is -0.764. The van der Waals surface area contributed by atoms with Crippen molar-refractivity contribution in [3.8, 4) is 0 Å². The van der Waals surface area contributed by atoms with Gasteiger partial charge < -0.3 is 10.4 Å². The third-order valence-corrected chi connectivity index (χ3v) is 3.59. The Morgan fingerprint density at radius 2 is 2.24 bits per heavy atom. The fourth-order valence-electron chi connectivity index (χ4n) is 1.73. The Labute approximate surface area is 107 Å². The van der Waals surface area contributed by atoms with Gasteiger partial charge in [-0.2, -0.15) is 0 Å². The van der Waals surface area contributed by atoms with Crippen LogP contribution in [0.25, 0.3) is 0 Å². The van der Waals surface area contributed by atoms with Crippen molar-refractivity contribution in [1.82, 2.24) is 5.32 Å². The lowest BCUT2D eigenvalue weighted by molar-refractivity contribution is -0.143. The third-order valence-electron chi connectivity index (χ3n) is 3.09. The molecule has 0 atom stereocenters. The first-order chi connectivity index (χ1) is 8.03. The molecule has 1 fully saturated rings. The molecule has 17 heavy (non-hydrogen) atoms. The first kappa shape index (κ1) is 12.5. The van der Waals surface area contributed by atoms with Crippen molar-refractivity contribution in [3.63, 3.8) is 0 Å². The Morgan fingerprint density at radius 3 is 2.82 bits per heavy atom. The quantitative estimate of drug-likeness (QED) is 0.879. The lowest BCUT2D eigenvalue weighted by Crippen LogP contribution is -2.29. The van der Waals surface area contributed by atoms with E-state index in [1.54, 1.807) is 12.1 Å². The first-order valence-electron chi connectivity index (χ1n) is 5.42. The maximum absolute atomic E-state index is 13.4. The van der Waals surface area contributed by atoms with Crippen LogP contribution < -0.4 is 5.32 Å². The van der Waals surface area contributed by atoms with Gasteiger partial charge in [-0.15, -0.1) is 0 Å². The van der Waals surface area contributed by atoms with Gasteiger partial charge in [0.05, 0.1) is 5.41 Å². The second-order valence-electron chi connectivity index (χ2n) is 4.42. The van der Waals surface area contributed by atoms with Gasteiger partial charge >= 0.3 is 5.97 Å². The van der Waals surface area contributed by atoms with Crippen LogP contribution in [0, 0.1) is 11.2 Å². The van der Waals surface area contributed by atoms with Gasteiger partial charge in [0.2, 0.25) is 0 Å². The van der Waals surface area contributed by atoms with Crippen LogP contribution >= 0.6 is 15.9 Å². The van der Waals surface area contributed by atoms with Crippen LogP contribution in [0.5, 0.6) is 0 Å². The SMILES string of the molecule is O=C(O)C1(CNCc2cc(Br)ccc2F)CC1. The van der Waals surface area contributed by atoms with Crippen molar-refractivity contribution in [1.29, 1.82) is 0 Å². The molecule has 1 aliphatic carbocycles. The molecule has 0 radical (unpaired) electrons. The van der Waals surface area contributed by atoms with Crippen LogP contribution in [0.1, 0.15) is 18.4 Å². The Balaban J connectivity index is 1.90. The number of carboxylic acids is 1. The van der Waals surface area contributed by atoms with E-state index >= 15 is 0 Å². The number of benzene rings is 1. The molecule has 0 heterocycles. The summed E-state index contributed by atoms with van der Waals surface area (Å²) in [4.78, 5) is 10.9. The molecule has 5 heteroatoms. The molecule has 3 nitrogen and oxygen atoms in total. The summed E-state index contributed by atoms with van der Waals surface area (Å²) in [5.41, 5.74) is -0.0665. The van der Waals surface area contributed by atoms with E-state index in [-0.39, 0.29) is 5.82 Å². The zero-order valence-corrected chi connectivity index (χ0v) is 10.8. The molecular formula is C12H13BrFNO2. The molecule has 0 saturated heterocycles. The van der Waals surface area contributed by atoms with Gasteiger partial charge in [0.15, 0.2) is 0 Å². The summed E-state index contributed by atoms with van der Waals surface area (Å²) in [6.07, 6.45) is 1.41. The van der Waals surface area contributed by atoms with Gasteiger partial charge in [0, 0.05) is 23.1 Å². The average molecular weight is 302 g/mol. The molecule has 0 spiro atoms. The summed E-state index contributed by atoms with van der Waals surface area (Å²) < 4.78 is 14.2. The summed E-state index contributed by atoms with van der Waals surface area (Å²) in [6.45, 7) is 0.745. The number of carboxylic acid groups (broad SMARTS) is 1. The highest BCUT2D eigenvalue weighted by Gasteiger charge is 2.49. The van der Waals surface area contributed by atoms with Gasteiger partial charge in [-0.3, -0.25) is 4.79 Å². The minimum Gasteiger partial charge on any atom is -0.481 e. The fraction of sp³-hybridized carbons (Fsp3) is 0.417. The molecule has 1 aliphatic rings. The van der Waals surface area contributed by atoms with Crippen molar-refractivity contribution in [2.75, 3.05) is 6.54 Å². The van der Waals surface area contributed by atoms with Crippen molar-refractivity contribution in [2.45, 2.75) is 19.4 Å². The highest BCUT2D eigenvalue weighted by atomic mass is 79.9. The van der Waals surface area contributed by atoms with E-state index in [0.29, 0.717) is 31.5 Å². The molecule has 0 aliphatic heterocycles. The molecule has 92 valence electrons. The standard InChI is InChI=1S/C12H13BrFNO2/c13-9-1-2-10(14)8(5-9)6-15-7-12(3-4-12)11(16)17/h1-2,5,15H,3-4,6-7H2,(H,16,17). The van der Waals surface area contributed by atoms with E-state index < -0.39 is 11.4 Å². The molecule has 0 aromatic heterocycles. The maximum atomic E-state index is 13.4. The van der Waals surface area contributed by atoms with Gasteiger partial charge in [-0.1, -0.05) is 15.9 Å². The van der Waals surface area contributed by atoms with Crippen LogP contribution in [0.2, 0.25) is 0 Å². The Morgan fingerprint density at radius 1 is 1.53 bits per heavy atom. The molecule has 0 amide bonds. The third kappa shape index (κ3) is 2.84. The molecule has 2 N–H and O–H groups in total. The van der Waals surface area contributed by atoms with Crippen molar-refractivity contribution >= 4 is 21.9 Å². The summed E-state index contributed by atoms with van der Waals surface area (Å²) in [5.74, 6) is -1.04. The Bertz CT molecular complexity index is 446. The second kappa shape index (κ2) is 4.74. The van der Waals surface area contributed by atoms with E-state index in [9.17, 15) is 9.18 Å². The van der Waals surface area contributed by atoms with Crippen molar-refractivity contribution in [3.05, 3.63) is 34.1 Å². The van der Waals surface area contributed by atoms with Crippen LogP contribution in [0.15, 0.2) is 22.7 Å². The smallest absolute Gasteiger partial charge is 0.310 e. The van der Waals surface area contributed by atoms with E-state index in [2.05, 4.69) is 21.2 Å². The number of nitrogens with one attached hydrogen (secondary N) is 1. The van der Waals surface area contributed by atoms with E-state index in [0.717, 1.165) is 4.47 Å². The number of halogens is 2. The summed E-state index contributed by atoms with van der Waals surface area (Å²) in [6, 6.07) is 4.73. The maximum Gasteiger partial charge on any atom is 0.310 e. The highest BCUT2D eigenvalue weighted by Crippen LogP contribution is 2.45. The predicted octanol–water partition coefficient (Wildman–Crippen LogP) is 2.54. The number of aliphatic carboxylic acids is 1. The fourth-order valence-corrected chi connectivity index (χ4v) is 2.14. The molecule has 0 bridgehead atoms. The summed E-state index contributed by atoms with van der Waals surface area (Å²) in [7, 11) is 0. The molecular weight excluding hydrogens is 289 g/mol. The number of rotatable bonds is 5. The first-order valence-corrected chi connectivity index (χ1v) is 6.21. The second-order valence-corrected chi connectivity index (χ2v) is 5.34. The van der Waals surface area contributed by atoms with E-state index in [4.69, 9.17) is 5.11 Å². The monoisotopic (exact) mass is 301 g/mol. The minimum absolute atomic E-state index is 0.277. The Hall–Kier alpha value is -0.940. The van der Waals surface area contributed by atoms with Gasteiger partial charge in [0.1, 0.15) is 5.82 Å². The number of hydrogen-bond acceptors (Lipinski definition) is 2. The predicted molar refractivity (Wildman–Crippen MR) is 65.1 cm³/mol. The molecule has 1 aromatic rings. The average Bonchev–Trinajstić information content (AvgIpc) is 3.04. The zero-order chi connectivity index (χ0) is 12.5. The van der Waals surface area contributed by atoms with Crippen molar-refractivity contribution < 1.29 is 14.3 Å². The van der Waals surface area contributed by atoms with Crippen LogP contribution in [0.3, 0.4) is 0 Å². The molecule has 1 aromatic carbocycles. The Kier molecular flexibility index (Phi) is 3.49. The zero-order valence-electron chi connectivity index (χ0n) is 9.17. The van der Waals surface area contributed by atoms with E-state index in [1.807, 2.05) is 0 Å². The van der Waals surface area contributed by atoms with E-state index in [1.165, 1.54) is 6.07 Å². The highest BCUT2D eigenvalue weighted by molar-refractivity contribution is 9.10. The number of hydrogen-bond donors (Lipinski definition) is 2. The lowest BCUT2D eigenvalue weighted by Gasteiger charge is -2.11. The molecule has 1 saturated carbocycles. The van der Waals surface area contributed by atoms with Crippen molar-refractivity contribution in [2.24, 2.45) is 5.41 Å². The van der Waals surface area contributed by atoms with Crippen LogP contribution in [-0.4, -0.2) is 17.6 Å². The largest absolute Gasteiger partial charge is 0.481 e.